The van der Waals surface area contributed by atoms with Crippen molar-refractivity contribution in [1.29, 1.82) is 0 Å². The zero-order valence-electron chi connectivity index (χ0n) is 14.3. The summed E-state index contributed by atoms with van der Waals surface area (Å²) < 4.78 is 0. The van der Waals surface area contributed by atoms with Gasteiger partial charge in [-0.1, -0.05) is 42.5 Å². The fraction of sp³-hybridized carbons (Fsp3) is 0.143. The topological polar surface area (TPSA) is 74.2 Å². The molecule has 0 bridgehead atoms. The van der Waals surface area contributed by atoms with Crippen molar-refractivity contribution in [2.75, 3.05) is 11.9 Å². The van der Waals surface area contributed by atoms with Gasteiger partial charge in [0.25, 0.3) is 0 Å². The van der Waals surface area contributed by atoms with E-state index in [0.717, 1.165) is 16.7 Å². The zero-order chi connectivity index (χ0) is 18.2. The van der Waals surface area contributed by atoms with Crippen LogP contribution in [-0.2, 0) is 0 Å². The van der Waals surface area contributed by atoms with E-state index in [1.54, 1.807) is 12.4 Å². The summed E-state index contributed by atoms with van der Waals surface area (Å²) in [6, 6.07) is 20.6. The number of hydrogen-bond donors (Lipinski definition) is 3. The molecule has 26 heavy (non-hydrogen) atoms. The van der Waals surface area contributed by atoms with Crippen molar-refractivity contribution in [3.8, 4) is 11.1 Å². The molecule has 2 aromatic carbocycles. The van der Waals surface area contributed by atoms with Crippen LogP contribution >= 0.6 is 0 Å². The van der Waals surface area contributed by atoms with Crippen molar-refractivity contribution in [1.82, 2.24) is 10.3 Å². The standard InChI is InChI=1S/C21H21N3O2/c25-15-12-20(18-4-2-1-3-5-18)24-21(26)23-19-8-6-16(7-9-19)17-10-13-22-14-11-17/h1-11,13-14,20,25H,12,15H2,(H2,23,24,26)/t20-/m0/s1. The third-order valence-corrected chi connectivity index (χ3v) is 4.08. The first-order valence-corrected chi connectivity index (χ1v) is 8.50. The number of anilines is 1. The van der Waals surface area contributed by atoms with Crippen LogP contribution < -0.4 is 10.6 Å². The van der Waals surface area contributed by atoms with Crippen LogP contribution in [0.5, 0.6) is 0 Å². The SMILES string of the molecule is O=C(Nc1ccc(-c2ccncc2)cc1)N[C@@H](CCO)c1ccccc1. The average Bonchev–Trinajstić information content (AvgIpc) is 2.69. The Morgan fingerprint density at radius 3 is 2.23 bits per heavy atom. The van der Waals surface area contributed by atoms with E-state index in [1.165, 1.54) is 0 Å². The van der Waals surface area contributed by atoms with Gasteiger partial charge in [-0.3, -0.25) is 4.98 Å². The number of nitrogens with zero attached hydrogens (tertiary/aromatic N) is 1. The molecule has 0 aliphatic carbocycles. The van der Waals surface area contributed by atoms with Crippen LogP contribution in [0.4, 0.5) is 10.5 Å². The van der Waals surface area contributed by atoms with Gasteiger partial charge in [-0.2, -0.15) is 0 Å². The lowest BCUT2D eigenvalue weighted by molar-refractivity contribution is 0.239. The Labute approximate surface area is 152 Å². The summed E-state index contributed by atoms with van der Waals surface area (Å²) in [5.41, 5.74) is 3.80. The maximum absolute atomic E-state index is 12.3. The van der Waals surface area contributed by atoms with E-state index < -0.39 is 0 Å². The summed E-state index contributed by atoms with van der Waals surface area (Å²) in [5.74, 6) is 0. The molecule has 2 amide bonds. The van der Waals surface area contributed by atoms with Gasteiger partial charge in [0.2, 0.25) is 0 Å². The average molecular weight is 347 g/mol. The Morgan fingerprint density at radius 2 is 1.58 bits per heavy atom. The molecule has 3 aromatic rings. The number of amides is 2. The summed E-state index contributed by atoms with van der Waals surface area (Å²) in [6.07, 6.45) is 3.96. The second-order valence-corrected chi connectivity index (χ2v) is 5.89. The Morgan fingerprint density at radius 1 is 0.923 bits per heavy atom. The van der Waals surface area contributed by atoms with Gasteiger partial charge >= 0.3 is 6.03 Å². The predicted molar refractivity (Wildman–Crippen MR) is 103 cm³/mol. The van der Waals surface area contributed by atoms with E-state index in [-0.39, 0.29) is 18.7 Å². The summed E-state index contributed by atoms with van der Waals surface area (Å²) >= 11 is 0. The van der Waals surface area contributed by atoms with Crippen LogP contribution in [0.3, 0.4) is 0 Å². The van der Waals surface area contributed by atoms with Crippen molar-refractivity contribution in [2.24, 2.45) is 0 Å². The predicted octanol–water partition coefficient (Wildman–Crippen LogP) is 3.99. The molecule has 3 N–H and O–H groups in total. The number of carbonyl (C=O) groups excluding carboxylic acids is 1. The molecule has 0 fully saturated rings. The number of pyridine rings is 1. The van der Waals surface area contributed by atoms with Gasteiger partial charge < -0.3 is 15.7 Å². The number of carbonyl (C=O) groups is 1. The van der Waals surface area contributed by atoms with E-state index in [4.69, 9.17) is 0 Å². The smallest absolute Gasteiger partial charge is 0.319 e. The highest BCUT2D eigenvalue weighted by molar-refractivity contribution is 5.89. The highest BCUT2D eigenvalue weighted by Crippen LogP contribution is 2.21. The minimum atomic E-state index is -0.302. The Balaban J connectivity index is 1.63. The monoisotopic (exact) mass is 347 g/mol. The molecule has 1 atom stereocenters. The molecule has 132 valence electrons. The van der Waals surface area contributed by atoms with Crippen LogP contribution in [0.2, 0.25) is 0 Å². The van der Waals surface area contributed by atoms with E-state index >= 15 is 0 Å². The zero-order valence-corrected chi connectivity index (χ0v) is 14.3. The van der Waals surface area contributed by atoms with Crippen molar-refractivity contribution in [2.45, 2.75) is 12.5 Å². The van der Waals surface area contributed by atoms with Gasteiger partial charge in [-0.05, 0) is 47.4 Å². The van der Waals surface area contributed by atoms with Crippen LogP contribution in [0.25, 0.3) is 11.1 Å². The fourth-order valence-corrected chi connectivity index (χ4v) is 2.75. The Hall–Kier alpha value is -3.18. The number of hydrogen-bond acceptors (Lipinski definition) is 3. The summed E-state index contributed by atoms with van der Waals surface area (Å²) in [5, 5.41) is 15.0. The number of aromatic nitrogens is 1. The van der Waals surface area contributed by atoms with Crippen molar-refractivity contribution < 1.29 is 9.90 Å². The maximum Gasteiger partial charge on any atom is 0.319 e. The molecule has 1 aromatic heterocycles. The molecule has 0 spiro atoms. The molecule has 1 heterocycles. The molecule has 0 aliphatic rings. The summed E-state index contributed by atoms with van der Waals surface area (Å²) in [7, 11) is 0. The second kappa shape index (κ2) is 8.78. The van der Waals surface area contributed by atoms with Gasteiger partial charge in [0.05, 0.1) is 6.04 Å². The minimum Gasteiger partial charge on any atom is -0.396 e. The van der Waals surface area contributed by atoms with Gasteiger partial charge in [-0.25, -0.2) is 4.79 Å². The molecule has 5 nitrogen and oxygen atoms in total. The number of nitrogens with one attached hydrogen (secondary N) is 2. The first kappa shape index (κ1) is 17.6. The van der Waals surface area contributed by atoms with E-state index in [2.05, 4.69) is 15.6 Å². The highest BCUT2D eigenvalue weighted by Gasteiger charge is 2.14. The number of rotatable bonds is 6. The lowest BCUT2D eigenvalue weighted by Crippen LogP contribution is -2.33. The van der Waals surface area contributed by atoms with Gasteiger partial charge in [0.15, 0.2) is 0 Å². The molecular weight excluding hydrogens is 326 g/mol. The molecular formula is C21H21N3O2. The van der Waals surface area contributed by atoms with Crippen molar-refractivity contribution in [3.05, 3.63) is 84.7 Å². The molecule has 3 rings (SSSR count). The second-order valence-electron chi connectivity index (χ2n) is 5.89. The molecule has 0 saturated heterocycles. The third-order valence-electron chi connectivity index (χ3n) is 4.08. The maximum atomic E-state index is 12.3. The van der Waals surface area contributed by atoms with Gasteiger partial charge in [-0.15, -0.1) is 0 Å². The van der Waals surface area contributed by atoms with Crippen LogP contribution in [0, 0.1) is 0 Å². The van der Waals surface area contributed by atoms with E-state index in [0.29, 0.717) is 12.1 Å². The summed E-state index contributed by atoms with van der Waals surface area (Å²) in [6.45, 7) is 0.000467. The van der Waals surface area contributed by atoms with E-state index in [9.17, 15) is 9.90 Å². The molecule has 0 saturated carbocycles. The first-order valence-electron chi connectivity index (χ1n) is 8.50. The first-order chi connectivity index (χ1) is 12.8. The number of benzene rings is 2. The van der Waals surface area contributed by atoms with Gasteiger partial charge in [0.1, 0.15) is 0 Å². The Bertz CT molecular complexity index is 821. The third kappa shape index (κ3) is 4.68. The fourth-order valence-electron chi connectivity index (χ4n) is 2.75. The van der Waals surface area contributed by atoms with Crippen LogP contribution in [0.1, 0.15) is 18.0 Å². The van der Waals surface area contributed by atoms with Crippen molar-refractivity contribution in [3.63, 3.8) is 0 Å². The molecule has 5 heteroatoms. The number of urea groups is 1. The minimum absolute atomic E-state index is 0.000467. The van der Waals surface area contributed by atoms with E-state index in [1.807, 2.05) is 66.7 Å². The lowest BCUT2D eigenvalue weighted by atomic mass is 10.0. The quantitative estimate of drug-likeness (QED) is 0.631. The number of aliphatic hydroxyl groups is 1. The molecule has 0 unspecified atom stereocenters. The lowest BCUT2D eigenvalue weighted by Gasteiger charge is -2.18. The van der Waals surface area contributed by atoms with Crippen LogP contribution in [0.15, 0.2) is 79.1 Å². The number of aliphatic hydroxyl groups excluding tert-OH is 1. The molecule has 0 aliphatic heterocycles. The van der Waals surface area contributed by atoms with Crippen molar-refractivity contribution >= 4 is 11.7 Å². The molecule has 0 radical (unpaired) electrons. The summed E-state index contributed by atoms with van der Waals surface area (Å²) in [4.78, 5) is 16.3. The highest BCUT2D eigenvalue weighted by atomic mass is 16.3. The van der Waals surface area contributed by atoms with Gasteiger partial charge in [0, 0.05) is 24.7 Å². The normalized spacial score (nSPS) is 11.6. The Kier molecular flexibility index (Phi) is 5.96. The van der Waals surface area contributed by atoms with Crippen LogP contribution in [-0.4, -0.2) is 22.7 Å². The largest absolute Gasteiger partial charge is 0.396 e.